The maximum absolute atomic E-state index is 6.27. The Hall–Kier alpha value is -6.75. The van der Waals surface area contributed by atoms with Crippen molar-refractivity contribution < 1.29 is 0 Å². The second-order valence-electron chi connectivity index (χ2n) is 14.0. The highest BCUT2D eigenvalue weighted by Gasteiger charge is 2.25. The lowest BCUT2D eigenvalue weighted by Gasteiger charge is -2.13. The van der Waals surface area contributed by atoms with Crippen LogP contribution in [-0.4, -0.2) is 20.7 Å². The number of hydrogen-bond acceptors (Lipinski definition) is 2. The fraction of sp³-hybridized carbons (Fsp3) is 0.0962. The molecule has 0 saturated heterocycles. The average Bonchev–Trinajstić information content (AvgIpc) is 3.89. The summed E-state index contributed by atoms with van der Waals surface area (Å²) in [4.78, 5) is 5.15. The Morgan fingerprint density at radius 1 is 0.643 bits per heavy atom. The van der Waals surface area contributed by atoms with Crippen LogP contribution in [-0.2, 0) is 0 Å². The Labute approximate surface area is 327 Å². The van der Waals surface area contributed by atoms with Gasteiger partial charge in [0.1, 0.15) is 5.82 Å². The van der Waals surface area contributed by atoms with E-state index in [4.69, 9.17) is 10.7 Å². The fourth-order valence-corrected chi connectivity index (χ4v) is 8.86. The van der Waals surface area contributed by atoms with Crippen LogP contribution < -0.4 is 5.73 Å². The van der Waals surface area contributed by atoms with E-state index in [0.717, 1.165) is 56.6 Å². The van der Waals surface area contributed by atoms with E-state index in [1.807, 2.05) is 32.2 Å². The zero-order valence-corrected chi connectivity index (χ0v) is 32.2. The summed E-state index contributed by atoms with van der Waals surface area (Å²) in [6.07, 6.45) is 9.07. The van der Waals surface area contributed by atoms with Crippen LogP contribution in [0.25, 0.3) is 93.7 Å². The predicted octanol–water partition coefficient (Wildman–Crippen LogP) is 13.5. The van der Waals surface area contributed by atoms with Gasteiger partial charge in [-0.25, -0.2) is 4.98 Å². The Balaban J connectivity index is 0.00000202. The molecular formula is C52H44N4. The van der Waals surface area contributed by atoms with E-state index in [-0.39, 0.29) is 0 Å². The number of pyridine rings is 1. The van der Waals surface area contributed by atoms with Crippen molar-refractivity contribution in [3.05, 3.63) is 182 Å². The van der Waals surface area contributed by atoms with E-state index in [1.54, 1.807) is 0 Å². The van der Waals surface area contributed by atoms with Crippen molar-refractivity contribution in [2.45, 2.75) is 27.2 Å². The van der Waals surface area contributed by atoms with E-state index >= 15 is 0 Å². The summed E-state index contributed by atoms with van der Waals surface area (Å²) in [5.74, 6) is 0.917. The lowest BCUT2D eigenvalue weighted by molar-refractivity contribution is 1.10. The van der Waals surface area contributed by atoms with Crippen LogP contribution in [0.2, 0.25) is 0 Å². The highest BCUT2D eigenvalue weighted by Crippen LogP contribution is 2.45. The number of nitrogens with zero attached hydrogens (tertiary/aromatic N) is 3. The summed E-state index contributed by atoms with van der Waals surface area (Å²) in [6.45, 7) is 14.8. The van der Waals surface area contributed by atoms with Crippen LogP contribution >= 0.6 is 0 Å². The zero-order valence-electron chi connectivity index (χ0n) is 32.2. The second-order valence-corrected chi connectivity index (χ2v) is 14.0. The maximum Gasteiger partial charge on any atom is 0.145 e. The summed E-state index contributed by atoms with van der Waals surface area (Å²) >= 11 is 0. The molecule has 3 heterocycles. The van der Waals surface area contributed by atoms with E-state index in [2.05, 4.69) is 163 Å². The Kier molecular flexibility index (Phi) is 8.84. The molecule has 6 aromatic carbocycles. The van der Waals surface area contributed by atoms with Crippen LogP contribution in [0.1, 0.15) is 43.9 Å². The number of fused-ring (bicyclic) bond motifs is 6. The molecular weight excluding hydrogens is 681 g/mol. The summed E-state index contributed by atoms with van der Waals surface area (Å²) in [6, 6.07) is 46.4. The van der Waals surface area contributed by atoms with Crippen LogP contribution in [0, 0.1) is 0 Å². The van der Waals surface area contributed by atoms with Crippen LogP contribution in [0.15, 0.2) is 165 Å². The lowest BCUT2D eigenvalue weighted by atomic mass is 10.0. The molecule has 0 saturated carbocycles. The molecule has 3 aromatic heterocycles. The summed E-state index contributed by atoms with van der Waals surface area (Å²) in [5, 5.41) is 7.15. The molecule has 272 valence electrons. The Morgan fingerprint density at radius 2 is 1.25 bits per heavy atom. The van der Waals surface area contributed by atoms with Crippen LogP contribution in [0.3, 0.4) is 0 Å². The lowest BCUT2D eigenvalue weighted by Crippen LogP contribution is -2.03. The molecule has 0 bridgehead atoms. The van der Waals surface area contributed by atoms with Crippen molar-refractivity contribution in [2.24, 2.45) is 5.73 Å². The van der Waals surface area contributed by atoms with Crippen molar-refractivity contribution in [1.29, 1.82) is 0 Å². The first-order valence-electron chi connectivity index (χ1n) is 19.6. The molecule has 0 atom stereocenters. The number of allylic oxidation sites excluding steroid dienone is 5. The molecule has 0 aliphatic heterocycles. The minimum absolute atomic E-state index is 0.441. The van der Waals surface area contributed by atoms with Gasteiger partial charge in [-0.15, -0.1) is 0 Å². The zero-order chi connectivity index (χ0) is 38.5. The van der Waals surface area contributed by atoms with Gasteiger partial charge in [-0.2, -0.15) is 0 Å². The summed E-state index contributed by atoms with van der Waals surface area (Å²) in [7, 11) is 0. The SMILES string of the molecule is C=CC1=C(CN)c2cnc(-n3c4ccccc4c4cc(-c5ccc6c(c5)c5ccccc5n6-c5cccc(/C(C=C)=C/CC)c5)ccc43)c3cccc1c23.CC. The molecule has 4 heteroatoms. The molecule has 4 nitrogen and oxygen atoms in total. The topological polar surface area (TPSA) is 48.8 Å². The number of nitrogens with two attached hydrogens (primary N) is 1. The molecule has 1 aliphatic carbocycles. The third-order valence-electron chi connectivity index (χ3n) is 11.2. The van der Waals surface area contributed by atoms with Gasteiger partial charge in [0.25, 0.3) is 0 Å². The van der Waals surface area contributed by atoms with Crippen molar-refractivity contribution in [3.8, 4) is 22.6 Å². The van der Waals surface area contributed by atoms with Crippen molar-refractivity contribution in [2.75, 3.05) is 6.54 Å². The van der Waals surface area contributed by atoms with Gasteiger partial charge in [-0.05, 0) is 93.9 Å². The van der Waals surface area contributed by atoms with Gasteiger partial charge in [-0.3, -0.25) is 4.57 Å². The van der Waals surface area contributed by atoms with Gasteiger partial charge in [0.05, 0.1) is 22.1 Å². The normalized spacial score (nSPS) is 12.6. The largest absolute Gasteiger partial charge is 0.326 e. The van der Waals surface area contributed by atoms with Crippen LogP contribution in [0.5, 0.6) is 0 Å². The predicted molar refractivity (Wildman–Crippen MR) is 242 cm³/mol. The van der Waals surface area contributed by atoms with Gasteiger partial charge in [0, 0.05) is 56.3 Å². The third-order valence-corrected chi connectivity index (χ3v) is 11.2. The molecule has 10 rings (SSSR count). The number of rotatable bonds is 8. The molecule has 0 spiro atoms. The molecule has 0 unspecified atom stereocenters. The van der Waals surface area contributed by atoms with Gasteiger partial charge in [0.15, 0.2) is 0 Å². The molecule has 1 aliphatic rings. The van der Waals surface area contributed by atoms with Crippen molar-refractivity contribution >= 4 is 71.1 Å². The Bertz CT molecular complexity index is 3110. The third kappa shape index (κ3) is 5.21. The fourth-order valence-electron chi connectivity index (χ4n) is 8.86. The van der Waals surface area contributed by atoms with Crippen LogP contribution in [0.4, 0.5) is 0 Å². The molecule has 0 radical (unpaired) electrons. The number of benzene rings is 6. The number of hydrogen-bond donors (Lipinski definition) is 1. The highest BCUT2D eigenvalue weighted by molar-refractivity contribution is 6.18. The first-order valence-corrected chi connectivity index (χ1v) is 19.6. The van der Waals surface area contributed by atoms with Crippen molar-refractivity contribution in [1.82, 2.24) is 14.1 Å². The standard InChI is InChI=1S/C50H38N4.C2H6/c1-4-13-31(5-2)32-14-11-15-35(26-32)53-45-20-9-7-16-37(45)41-27-33(22-24-47(41)53)34-23-25-48-42(28-34)38-17-8-10-21-46(38)54(48)50-40-19-12-18-39-36(6-3)43(29-51)44(30-52-50)49(39)40;1-2/h5-28,30H,2-4,29,51H2,1H3;1-2H3/b31-13+;. The molecule has 0 fully saturated rings. The van der Waals surface area contributed by atoms with Gasteiger partial charge in [-0.1, -0.05) is 131 Å². The van der Waals surface area contributed by atoms with Gasteiger partial charge >= 0.3 is 0 Å². The van der Waals surface area contributed by atoms with E-state index in [9.17, 15) is 0 Å². The quantitative estimate of drug-likeness (QED) is 0.159. The van der Waals surface area contributed by atoms with Crippen molar-refractivity contribution in [3.63, 3.8) is 0 Å². The summed E-state index contributed by atoms with van der Waals surface area (Å²) in [5.41, 5.74) is 21.2. The number of para-hydroxylation sites is 2. The van der Waals surface area contributed by atoms with E-state index in [0.29, 0.717) is 6.54 Å². The van der Waals surface area contributed by atoms with Gasteiger partial charge < -0.3 is 10.3 Å². The first-order chi connectivity index (χ1) is 27.6. The minimum Gasteiger partial charge on any atom is -0.326 e. The smallest absolute Gasteiger partial charge is 0.145 e. The molecule has 9 aromatic rings. The minimum atomic E-state index is 0.441. The van der Waals surface area contributed by atoms with Gasteiger partial charge in [0.2, 0.25) is 0 Å². The second kappa shape index (κ2) is 14.2. The van der Waals surface area contributed by atoms with E-state index in [1.165, 1.54) is 60.2 Å². The summed E-state index contributed by atoms with van der Waals surface area (Å²) < 4.78 is 4.71. The molecule has 0 amide bonds. The Morgan fingerprint density at radius 3 is 1.89 bits per heavy atom. The maximum atomic E-state index is 6.27. The first kappa shape index (κ1) is 35.0. The highest BCUT2D eigenvalue weighted by atomic mass is 15.1. The monoisotopic (exact) mass is 724 g/mol. The average molecular weight is 725 g/mol. The molecule has 2 N–H and O–H groups in total. The number of aromatic nitrogens is 3. The van der Waals surface area contributed by atoms with E-state index < -0.39 is 0 Å². The molecule has 56 heavy (non-hydrogen) atoms.